The molecule has 1 aliphatic rings. The smallest absolute Gasteiger partial charge is 0.275 e. The molecule has 1 aliphatic heterocycles. The number of thiophene rings is 2. The molecular weight excluding hydrogens is 384 g/mol. The third-order valence-electron chi connectivity index (χ3n) is 4.82. The molecule has 2 atom stereocenters. The van der Waals surface area contributed by atoms with Crippen molar-refractivity contribution < 1.29 is 9.69 Å². The molecule has 0 spiro atoms. The summed E-state index contributed by atoms with van der Waals surface area (Å²) in [6.07, 6.45) is 1.04. The molecule has 3 aromatic rings. The maximum atomic E-state index is 12.6. The average molecular weight is 404 g/mol. The van der Waals surface area contributed by atoms with Crippen molar-refractivity contribution in [1.29, 1.82) is 0 Å². The molecule has 4 rings (SSSR count). The number of benzene rings is 1. The van der Waals surface area contributed by atoms with Crippen LogP contribution in [0.4, 0.5) is 0 Å². The highest BCUT2D eigenvalue weighted by Gasteiger charge is 2.34. The third-order valence-corrected chi connectivity index (χ3v) is 7.12. The number of carbonyl (C=O) groups excluding carboxylic acids is 1. The fraction of sp³-hybridized carbons (Fsp3) is 0.250. The summed E-state index contributed by atoms with van der Waals surface area (Å²) in [5.41, 5.74) is 2.34. The molecule has 0 saturated carbocycles. The Morgan fingerprint density at radius 3 is 2.85 bits per heavy atom. The van der Waals surface area contributed by atoms with Crippen LogP contribution < -0.4 is 10.2 Å². The number of halogens is 1. The van der Waals surface area contributed by atoms with Gasteiger partial charge in [0.2, 0.25) is 0 Å². The van der Waals surface area contributed by atoms with Gasteiger partial charge in [-0.1, -0.05) is 35.9 Å². The minimum absolute atomic E-state index is 0.0696. The molecule has 0 aliphatic carbocycles. The van der Waals surface area contributed by atoms with Crippen molar-refractivity contribution in [3.8, 4) is 0 Å². The third kappa shape index (κ3) is 3.71. The van der Waals surface area contributed by atoms with E-state index in [2.05, 4.69) is 34.3 Å². The number of carbonyl (C=O) groups is 1. The molecule has 1 amide bonds. The lowest BCUT2D eigenvalue weighted by molar-refractivity contribution is -0.919. The number of hydrogen-bond donors (Lipinski definition) is 2. The monoisotopic (exact) mass is 403 g/mol. The fourth-order valence-corrected chi connectivity index (χ4v) is 5.58. The SMILES string of the molecule is O=C(C[NH+]1CCc2sccc2[C@H]1c1cccs1)NCc1ccccc1Cl. The fourth-order valence-electron chi connectivity index (χ4n) is 3.55. The summed E-state index contributed by atoms with van der Waals surface area (Å²) >= 11 is 9.79. The Balaban J connectivity index is 1.46. The van der Waals surface area contributed by atoms with Crippen molar-refractivity contribution in [3.63, 3.8) is 0 Å². The molecule has 0 radical (unpaired) electrons. The molecule has 6 heteroatoms. The van der Waals surface area contributed by atoms with Crippen molar-refractivity contribution in [2.24, 2.45) is 0 Å². The molecule has 0 fully saturated rings. The molecule has 3 nitrogen and oxygen atoms in total. The Bertz CT molecular complexity index is 891. The zero-order chi connectivity index (χ0) is 17.9. The lowest BCUT2D eigenvalue weighted by atomic mass is 9.98. The first-order chi connectivity index (χ1) is 12.7. The molecular formula is C20H20ClN2OS2+. The second kappa shape index (κ2) is 7.92. The summed E-state index contributed by atoms with van der Waals surface area (Å²) < 4.78 is 0. The van der Waals surface area contributed by atoms with Crippen LogP contribution in [0.25, 0.3) is 0 Å². The summed E-state index contributed by atoms with van der Waals surface area (Å²) in [5, 5.41) is 8.01. The van der Waals surface area contributed by atoms with Gasteiger partial charge in [-0.25, -0.2) is 0 Å². The van der Waals surface area contributed by atoms with E-state index in [0.29, 0.717) is 18.1 Å². The minimum Gasteiger partial charge on any atom is -0.347 e. The quantitative estimate of drug-likeness (QED) is 0.673. The Kier molecular flexibility index (Phi) is 5.41. The number of fused-ring (bicyclic) bond motifs is 1. The largest absolute Gasteiger partial charge is 0.347 e. The van der Waals surface area contributed by atoms with Gasteiger partial charge < -0.3 is 10.2 Å². The normalized spacial score (nSPS) is 19.1. The predicted octanol–water partition coefficient (Wildman–Crippen LogP) is 3.31. The molecule has 0 saturated heterocycles. The van der Waals surface area contributed by atoms with E-state index in [-0.39, 0.29) is 11.9 Å². The Hall–Kier alpha value is -1.66. The number of nitrogens with one attached hydrogen (secondary N) is 2. The molecule has 2 N–H and O–H groups in total. The summed E-state index contributed by atoms with van der Waals surface area (Å²) in [7, 11) is 0. The van der Waals surface area contributed by atoms with Gasteiger partial charge in [0.15, 0.2) is 6.54 Å². The Morgan fingerprint density at radius 2 is 2.04 bits per heavy atom. The second-order valence-corrected chi connectivity index (χ2v) is 8.84. The van der Waals surface area contributed by atoms with Gasteiger partial charge in [0.25, 0.3) is 5.91 Å². The maximum absolute atomic E-state index is 12.6. The number of amides is 1. The summed E-state index contributed by atoms with van der Waals surface area (Å²) in [5.74, 6) is 0.0696. The van der Waals surface area contributed by atoms with Gasteiger partial charge in [0.1, 0.15) is 6.04 Å². The van der Waals surface area contributed by atoms with E-state index >= 15 is 0 Å². The van der Waals surface area contributed by atoms with Gasteiger partial charge in [-0.05, 0) is 34.5 Å². The summed E-state index contributed by atoms with van der Waals surface area (Å²) in [6.45, 7) is 1.93. The van der Waals surface area contributed by atoms with Crippen LogP contribution in [-0.2, 0) is 17.8 Å². The molecule has 0 bridgehead atoms. The van der Waals surface area contributed by atoms with Gasteiger partial charge in [0.05, 0.1) is 11.4 Å². The first-order valence-electron chi connectivity index (χ1n) is 8.66. The second-order valence-electron chi connectivity index (χ2n) is 6.45. The predicted molar refractivity (Wildman–Crippen MR) is 108 cm³/mol. The highest BCUT2D eigenvalue weighted by Crippen LogP contribution is 2.31. The van der Waals surface area contributed by atoms with Crippen molar-refractivity contribution in [2.75, 3.05) is 13.1 Å². The first kappa shape index (κ1) is 17.7. The number of rotatable bonds is 5. The van der Waals surface area contributed by atoms with Crippen LogP contribution >= 0.6 is 34.3 Å². The molecule has 26 heavy (non-hydrogen) atoms. The van der Waals surface area contributed by atoms with Crippen molar-refractivity contribution in [3.05, 3.63) is 79.1 Å². The maximum Gasteiger partial charge on any atom is 0.275 e. The van der Waals surface area contributed by atoms with Crippen molar-refractivity contribution >= 4 is 40.2 Å². The van der Waals surface area contributed by atoms with E-state index in [9.17, 15) is 4.79 Å². The van der Waals surface area contributed by atoms with Crippen LogP contribution in [0.15, 0.2) is 53.2 Å². The van der Waals surface area contributed by atoms with Crippen LogP contribution in [0.5, 0.6) is 0 Å². The first-order valence-corrected chi connectivity index (χ1v) is 10.8. The van der Waals surface area contributed by atoms with E-state index in [1.165, 1.54) is 20.2 Å². The average Bonchev–Trinajstić information content (AvgIpc) is 3.32. The highest BCUT2D eigenvalue weighted by molar-refractivity contribution is 7.10. The van der Waals surface area contributed by atoms with Crippen LogP contribution in [0.1, 0.15) is 26.9 Å². The Morgan fingerprint density at radius 1 is 1.15 bits per heavy atom. The van der Waals surface area contributed by atoms with Gasteiger partial charge in [-0.2, -0.15) is 0 Å². The van der Waals surface area contributed by atoms with E-state index in [1.54, 1.807) is 11.3 Å². The molecule has 1 aromatic carbocycles. The van der Waals surface area contributed by atoms with Gasteiger partial charge in [0, 0.05) is 28.4 Å². The molecule has 3 heterocycles. The van der Waals surface area contributed by atoms with E-state index in [0.717, 1.165) is 18.5 Å². The zero-order valence-electron chi connectivity index (χ0n) is 14.2. The van der Waals surface area contributed by atoms with Crippen LogP contribution in [0.2, 0.25) is 5.02 Å². The lowest BCUT2D eigenvalue weighted by Crippen LogP contribution is -3.14. The van der Waals surface area contributed by atoms with Crippen molar-refractivity contribution in [2.45, 2.75) is 19.0 Å². The van der Waals surface area contributed by atoms with Gasteiger partial charge >= 0.3 is 0 Å². The van der Waals surface area contributed by atoms with E-state index in [1.807, 2.05) is 35.6 Å². The zero-order valence-corrected chi connectivity index (χ0v) is 16.6. The molecule has 134 valence electrons. The van der Waals surface area contributed by atoms with Crippen LogP contribution in [0.3, 0.4) is 0 Å². The van der Waals surface area contributed by atoms with E-state index < -0.39 is 0 Å². The van der Waals surface area contributed by atoms with E-state index in [4.69, 9.17) is 11.6 Å². The van der Waals surface area contributed by atoms with Crippen molar-refractivity contribution in [1.82, 2.24) is 5.32 Å². The number of quaternary nitrogens is 1. The minimum atomic E-state index is 0.0696. The van der Waals surface area contributed by atoms with Gasteiger partial charge in [-0.3, -0.25) is 4.79 Å². The highest BCUT2D eigenvalue weighted by atomic mass is 35.5. The lowest BCUT2D eigenvalue weighted by Gasteiger charge is -2.31. The molecule has 2 aromatic heterocycles. The van der Waals surface area contributed by atoms with Gasteiger partial charge in [-0.15, -0.1) is 22.7 Å². The number of hydrogen-bond acceptors (Lipinski definition) is 3. The molecule has 1 unspecified atom stereocenters. The summed E-state index contributed by atoms with van der Waals surface area (Å²) in [4.78, 5) is 16.7. The van der Waals surface area contributed by atoms with Crippen LogP contribution in [-0.4, -0.2) is 19.0 Å². The van der Waals surface area contributed by atoms with Crippen LogP contribution in [0, 0.1) is 0 Å². The standard InChI is InChI=1S/C20H19ClN2OS2/c21-16-5-2-1-4-14(16)12-22-19(24)13-23-9-7-17-15(8-11-26-17)20(23)18-6-3-10-25-18/h1-6,8,10-11,20H,7,9,12-13H2,(H,22,24)/p+1/t20-/m0/s1. The topological polar surface area (TPSA) is 33.5 Å². The Labute approximate surface area is 166 Å². The summed E-state index contributed by atoms with van der Waals surface area (Å²) in [6, 6.07) is 14.4.